The maximum absolute atomic E-state index is 10.9. The van der Waals surface area contributed by atoms with E-state index in [0.717, 1.165) is 17.2 Å². The number of carbonyl (C=O) groups excluding carboxylic acids is 1. The number of ketones is 1. The smallest absolute Gasteiger partial charge is 0.376 e. The van der Waals surface area contributed by atoms with Crippen LogP contribution in [0.2, 0.25) is 0 Å². The molecule has 1 rings (SSSR count). The largest absolute Gasteiger partial charge is 0.507 e. The molecule has 0 atom stereocenters. The summed E-state index contributed by atoms with van der Waals surface area (Å²) in [5.74, 6) is -3.04. The van der Waals surface area contributed by atoms with Crippen molar-refractivity contribution in [2.75, 3.05) is 0 Å². The average Bonchev–Trinajstić information content (AvgIpc) is 2.16. The number of aryl methyl sites for hydroxylation is 2. The summed E-state index contributed by atoms with van der Waals surface area (Å²) in [6, 6.07) is 5.37. The number of carboxylic acid groups (broad SMARTS) is 1. The van der Waals surface area contributed by atoms with Crippen LogP contribution in [0.15, 0.2) is 24.3 Å². The molecule has 0 radical (unpaired) electrons. The van der Waals surface area contributed by atoms with Gasteiger partial charge in [0.15, 0.2) is 0 Å². The molecular weight excluding hydrogens is 208 g/mol. The van der Waals surface area contributed by atoms with Crippen molar-refractivity contribution in [2.24, 2.45) is 0 Å². The first-order valence-corrected chi connectivity index (χ1v) is 4.68. The van der Waals surface area contributed by atoms with Gasteiger partial charge < -0.3 is 10.2 Å². The normalized spacial score (nSPS) is 11.2. The Morgan fingerprint density at radius 2 is 1.62 bits per heavy atom. The van der Waals surface area contributed by atoms with Gasteiger partial charge >= 0.3 is 5.97 Å². The third-order valence-electron chi connectivity index (χ3n) is 2.22. The van der Waals surface area contributed by atoms with Gasteiger partial charge in [0.1, 0.15) is 5.76 Å². The summed E-state index contributed by atoms with van der Waals surface area (Å²) in [4.78, 5) is 21.2. The summed E-state index contributed by atoms with van der Waals surface area (Å²) in [6.07, 6.45) is 0.720. The van der Waals surface area contributed by atoms with Crippen molar-refractivity contribution in [2.45, 2.75) is 13.8 Å². The first kappa shape index (κ1) is 12.0. The lowest BCUT2D eigenvalue weighted by atomic mass is 10.0. The lowest BCUT2D eigenvalue weighted by Crippen LogP contribution is -2.10. The molecule has 0 aliphatic carbocycles. The highest BCUT2D eigenvalue weighted by atomic mass is 16.4. The highest BCUT2D eigenvalue weighted by molar-refractivity contribution is 6.38. The van der Waals surface area contributed by atoms with E-state index < -0.39 is 11.8 Å². The second-order valence-electron chi connectivity index (χ2n) is 3.47. The van der Waals surface area contributed by atoms with Crippen molar-refractivity contribution >= 4 is 17.5 Å². The van der Waals surface area contributed by atoms with Crippen LogP contribution in [0.1, 0.15) is 16.7 Å². The van der Waals surface area contributed by atoms with E-state index in [1.807, 2.05) is 6.07 Å². The van der Waals surface area contributed by atoms with E-state index in [-0.39, 0.29) is 5.76 Å². The Morgan fingerprint density at radius 1 is 1.12 bits per heavy atom. The molecule has 2 N–H and O–H groups in total. The molecule has 84 valence electrons. The maximum atomic E-state index is 10.9. The summed E-state index contributed by atoms with van der Waals surface area (Å²) in [5.41, 5.74) is 2.07. The first-order chi connectivity index (χ1) is 7.43. The van der Waals surface area contributed by atoms with Gasteiger partial charge in [-0.15, -0.1) is 0 Å². The van der Waals surface area contributed by atoms with Gasteiger partial charge in [-0.2, -0.15) is 0 Å². The summed E-state index contributed by atoms with van der Waals surface area (Å²) in [6.45, 7) is 3.55. The number of aliphatic hydroxyl groups is 1. The topological polar surface area (TPSA) is 74.6 Å². The predicted octanol–water partition coefficient (Wildman–Crippen LogP) is 1.86. The fourth-order valence-electron chi connectivity index (χ4n) is 1.48. The minimum Gasteiger partial charge on any atom is -0.507 e. The van der Waals surface area contributed by atoms with Crippen LogP contribution < -0.4 is 0 Å². The van der Waals surface area contributed by atoms with Gasteiger partial charge in [0.05, 0.1) is 0 Å². The van der Waals surface area contributed by atoms with Gasteiger partial charge in [-0.05, 0) is 25.0 Å². The molecular formula is C12H12O4. The maximum Gasteiger partial charge on any atom is 0.376 e. The van der Waals surface area contributed by atoms with Crippen LogP contribution in [-0.2, 0) is 9.59 Å². The molecule has 1 aromatic rings. The van der Waals surface area contributed by atoms with Crippen molar-refractivity contribution in [3.63, 3.8) is 0 Å². The molecule has 0 unspecified atom stereocenters. The minimum absolute atomic E-state index is 0.317. The zero-order valence-corrected chi connectivity index (χ0v) is 9.02. The molecule has 4 nitrogen and oxygen atoms in total. The monoisotopic (exact) mass is 220 g/mol. The summed E-state index contributed by atoms with van der Waals surface area (Å²) in [7, 11) is 0. The molecule has 0 spiro atoms. The standard InChI is InChI=1S/C12H12O4/c1-7-4-3-5-8(2)11(7)9(13)6-10(14)12(15)16/h3-6,13H,1-2H3,(H,15,16)/b9-6-. The molecule has 0 saturated heterocycles. The van der Waals surface area contributed by atoms with Crippen LogP contribution in [0.3, 0.4) is 0 Å². The van der Waals surface area contributed by atoms with Gasteiger partial charge in [-0.3, -0.25) is 4.79 Å². The number of benzene rings is 1. The van der Waals surface area contributed by atoms with Crippen LogP contribution in [0.4, 0.5) is 0 Å². The molecule has 0 aromatic heterocycles. The first-order valence-electron chi connectivity index (χ1n) is 4.68. The fraction of sp³-hybridized carbons (Fsp3) is 0.167. The van der Waals surface area contributed by atoms with E-state index in [9.17, 15) is 14.7 Å². The number of carbonyl (C=O) groups is 2. The van der Waals surface area contributed by atoms with Crippen molar-refractivity contribution in [1.29, 1.82) is 0 Å². The van der Waals surface area contributed by atoms with Crippen LogP contribution >= 0.6 is 0 Å². The molecule has 0 fully saturated rings. The van der Waals surface area contributed by atoms with Gasteiger partial charge in [-0.1, -0.05) is 18.2 Å². The van der Waals surface area contributed by atoms with Crippen LogP contribution in [-0.4, -0.2) is 22.0 Å². The quantitative estimate of drug-likeness (QED) is 0.463. The number of carboxylic acids is 1. The van der Waals surface area contributed by atoms with Gasteiger partial charge in [-0.25, -0.2) is 4.79 Å². The van der Waals surface area contributed by atoms with E-state index >= 15 is 0 Å². The van der Waals surface area contributed by atoms with E-state index in [1.54, 1.807) is 26.0 Å². The Kier molecular flexibility index (Phi) is 3.45. The van der Waals surface area contributed by atoms with E-state index in [1.165, 1.54) is 0 Å². The second kappa shape index (κ2) is 4.61. The van der Waals surface area contributed by atoms with E-state index in [0.29, 0.717) is 5.56 Å². The molecule has 0 amide bonds. The third-order valence-corrected chi connectivity index (χ3v) is 2.22. The number of aliphatic carboxylic acids is 1. The molecule has 0 aliphatic rings. The van der Waals surface area contributed by atoms with E-state index in [4.69, 9.17) is 5.11 Å². The van der Waals surface area contributed by atoms with Crippen molar-refractivity contribution in [3.05, 3.63) is 41.0 Å². The van der Waals surface area contributed by atoms with E-state index in [2.05, 4.69) is 0 Å². The average molecular weight is 220 g/mol. The zero-order valence-electron chi connectivity index (χ0n) is 9.02. The highest BCUT2D eigenvalue weighted by Crippen LogP contribution is 2.20. The number of hydrogen-bond donors (Lipinski definition) is 2. The van der Waals surface area contributed by atoms with Crippen molar-refractivity contribution in [3.8, 4) is 0 Å². The second-order valence-corrected chi connectivity index (χ2v) is 3.47. The van der Waals surface area contributed by atoms with Crippen LogP contribution in [0.25, 0.3) is 5.76 Å². The summed E-state index contributed by atoms with van der Waals surface area (Å²) < 4.78 is 0. The lowest BCUT2D eigenvalue weighted by molar-refractivity contribution is -0.146. The molecule has 0 aliphatic heterocycles. The van der Waals surface area contributed by atoms with Gasteiger partial charge in [0, 0.05) is 11.6 Å². The van der Waals surface area contributed by atoms with Crippen LogP contribution in [0.5, 0.6) is 0 Å². The number of aliphatic hydroxyl groups excluding tert-OH is 1. The molecule has 0 bridgehead atoms. The Balaban J connectivity index is 3.19. The predicted molar refractivity (Wildman–Crippen MR) is 59.2 cm³/mol. The Hall–Kier alpha value is -2.10. The molecule has 0 saturated carbocycles. The molecule has 0 heterocycles. The lowest BCUT2D eigenvalue weighted by Gasteiger charge is -2.07. The Bertz CT molecular complexity index is 452. The molecule has 4 heteroatoms. The zero-order chi connectivity index (χ0) is 12.3. The fourth-order valence-corrected chi connectivity index (χ4v) is 1.48. The summed E-state index contributed by atoms with van der Waals surface area (Å²) >= 11 is 0. The molecule has 16 heavy (non-hydrogen) atoms. The summed E-state index contributed by atoms with van der Waals surface area (Å²) in [5, 5.41) is 18.1. The Morgan fingerprint density at radius 3 is 2.06 bits per heavy atom. The third kappa shape index (κ3) is 2.48. The van der Waals surface area contributed by atoms with Crippen molar-refractivity contribution < 1.29 is 19.8 Å². The Labute approximate surface area is 92.8 Å². The SMILES string of the molecule is Cc1cccc(C)c1/C(O)=C/C(=O)C(=O)O. The van der Waals surface area contributed by atoms with Crippen LogP contribution in [0, 0.1) is 13.8 Å². The highest BCUT2D eigenvalue weighted by Gasteiger charge is 2.13. The van der Waals surface area contributed by atoms with Gasteiger partial charge in [0.25, 0.3) is 5.78 Å². The molecule has 1 aromatic carbocycles. The number of hydrogen-bond acceptors (Lipinski definition) is 3. The number of rotatable bonds is 3. The van der Waals surface area contributed by atoms with Gasteiger partial charge in [0.2, 0.25) is 0 Å². The minimum atomic E-state index is -1.59. The van der Waals surface area contributed by atoms with Crippen molar-refractivity contribution in [1.82, 2.24) is 0 Å².